The fourth-order valence-corrected chi connectivity index (χ4v) is 8.20. The van der Waals surface area contributed by atoms with E-state index in [2.05, 4.69) is 23.3 Å². The third-order valence-corrected chi connectivity index (χ3v) is 12.1. The van der Waals surface area contributed by atoms with Gasteiger partial charge >= 0.3 is 0 Å². The molecule has 0 fully saturated rings. The third kappa shape index (κ3) is 18.9. The van der Waals surface area contributed by atoms with Crippen LogP contribution in [0.2, 0.25) is 0 Å². The van der Waals surface area contributed by atoms with Crippen LogP contribution in [0.1, 0.15) is 142 Å². The average Bonchev–Trinajstić information content (AvgIpc) is 3.14. The molecule has 0 aliphatic carbocycles. The van der Waals surface area contributed by atoms with Crippen molar-refractivity contribution in [2.75, 3.05) is 22.7 Å². The van der Waals surface area contributed by atoms with Crippen molar-refractivity contribution in [1.82, 2.24) is 0 Å². The summed E-state index contributed by atoms with van der Waals surface area (Å²) in [7, 11) is -8.10. The summed E-state index contributed by atoms with van der Waals surface area (Å²) in [6.45, 7) is 5.61. The quantitative estimate of drug-likeness (QED) is 0.0265. The molecule has 0 heterocycles. The van der Waals surface area contributed by atoms with Crippen LogP contribution < -0.4 is 18.9 Å². The van der Waals surface area contributed by atoms with E-state index in [4.69, 9.17) is 9.47 Å². The molecule has 0 unspecified atom stereocenters. The molecule has 3 aromatic carbocycles. The topological polar surface area (TPSA) is 131 Å². The fraction of sp³-hybridized carbons (Fsp3) is 0.571. The van der Waals surface area contributed by atoms with E-state index >= 15 is 0 Å². The first kappa shape index (κ1) is 47.7. The summed E-state index contributed by atoms with van der Waals surface area (Å²) in [4.78, 5) is -0.000822. The number of benzene rings is 3. The molecule has 3 N–H and O–H groups in total. The van der Waals surface area contributed by atoms with Crippen molar-refractivity contribution in [3.05, 3.63) is 66.7 Å². The van der Waals surface area contributed by atoms with E-state index in [0.29, 0.717) is 24.7 Å². The first-order chi connectivity index (χ1) is 25.6. The largest absolute Gasteiger partial charge is 0.506 e. The van der Waals surface area contributed by atoms with Gasteiger partial charge in [0.05, 0.1) is 34.4 Å². The van der Waals surface area contributed by atoms with E-state index in [-0.39, 0.29) is 56.5 Å². The van der Waals surface area contributed by atoms with E-state index in [1.807, 2.05) is 0 Å². The molecule has 0 bridgehead atoms. The number of ether oxygens (including phenoxy) is 2. The standard InChI is InChI=1S/C42H64N2O7S2.Na/c1-3-5-7-9-11-13-15-17-19-21-33-50-37-24-28-39(29-25-37)52(46,47)43-36-23-32-42(45)41(35-36)44-53(48,49)40-30-26-38(27-31-40)51-34-22-20-18-16-14-12-10-8-6-4-2;/h23-32,35,43-45H,3-22,33-34H2,1-2H3;. The second-order valence-corrected chi connectivity index (χ2v) is 17.3. The Bertz CT molecular complexity index is 1650. The molecule has 0 amide bonds. The molecule has 0 aromatic heterocycles. The molecule has 9 nitrogen and oxygen atoms in total. The zero-order valence-corrected chi connectivity index (χ0v) is 36.8. The van der Waals surface area contributed by atoms with Gasteiger partial charge in [-0.1, -0.05) is 129 Å². The molecule has 0 spiro atoms. The van der Waals surface area contributed by atoms with Crippen molar-refractivity contribution in [2.45, 2.75) is 152 Å². The molecule has 3 aromatic rings. The van der Waals surface area contributed by atoms with Crippen molar-refractivity contribution in [3.8, 4) is 17.2 Å². The first-order valence-corrected chi connectivity index (χ1v) is 23.0. The first-order valence-electron chi connectivity index (χ1n) is 20.0. The van der Waals surface area contributed by atoms with Gasteiger partial charge in [0.1, 0.15) is 17.2 Å². The maximum absolute atomic E-state index is 13.2. The minimum absolute atomic E-state index is 0. The monoisotopic (exact) mass is 795 g/mol. The number of phenols is 1. The number of aromatic hydroxyl groups is 1. The minimum Gasteiger partial charge on any atom is -0.506 e. The van der Waals surface area contributed by atoms with Gasteiger partial charge in [0.2, 0.25) is 0 Å². The number of sulfonamides is 2. The van der Waals surface area contributed by atoms with Crippen LogP contribution >= 0.6 is 0 Å². The predicted molar refractivity (Wildman–Crippen MR) is 223 cm³/mol. The van der Waals surface area contributed by atoms with Gasteiger partial charge in [-0.05, 0) is 79.6 Å². The maximum atomic E-state index is 13.2. The van der Waals surface area contributed by atoms with Crippen molar-refractivity contribution in [3.63, 3.8) is 0 Å². The van der Waals surface area contributed by atoms with E-state index < -0.39 is 20.0 Å². The zero-order chi connectivity index (χ0) is 38.2. The summed E-state index contributed by atoms with van der Waals surface area (Å²) in [5.74, 6) is 0.819. The molecule has 0 aliphatic rings. The Labute approximate surface area is 348 Å². The van der Waals surface area contributed by atoms with Gasteiger partial charge in [-0.2, -0.15) is 0 Å². The molecule has 0 saturated carbocycles. The molecule has 3 rings (SSSR count). The normalized spacial score (nSPS) is 11.5. The van der Waals surface area contributed by atoms with Gasteiger partial charge in [0.15, 0.2) is 0 Å². The van der Waals surface area contributed by atoms with E-state index in [9.17, 15) is 21.9 Å². The van der Waals surface area contributed by atoms with E-state index in [1.54, 1.807) is 24.3 Å². The van der Waals surface area contributed by atoms with Crippen LogP contribution in [0.3, 0.4) is 0 Å². The summed E-state index contributed by atoms with van der Waals surface area (Å²) in [6.07, 6.45) is 24.8. The average molecular weight is 796 g/mol. The molecule has 1 radical (unpaired) electrons. The van der Waals surface area contributed by atoms with Gasteiger partial charge < -0.3 is 14.6 Å². The molecular weight excluding hydrogens is 732 g/mol. The SMILES string of the molecule is CCCCCCCCCCCCOc1ccc(S(=O)(=O)Nc2ccc(O)c(NS(=O)(=O)c3ccc(OCCCCCCCCCCCC)cc3)c2)cc1.[Na]. The maximum Gasteiger partial charge on any atom is 0.262 e. The van der Waals surface area contributed by atoms with Crippen LogP contribution in [0.25, 0.3) is 0 Å². The summed E-state index contributed by atoms with van der Waals surface area (Å²) in [5.41, 5.74) is -0.0836. The van der Waals surface area contributed by atoms with Gasteiger partial charge in [0, 0.05) is 29.6 Å². The van der Waals surface area contributed by atoms with Gasteiger partial charge in [-0.25, -0.2) is 16.8 Å². The van der Waals surface area contributed by atoms with Crippen molar-refractivity contribution < 1.29 is 31.4 Å². The van der Waals surface area contributed by atoms with Gasteiger partial charge in [0.25, 0.3) is 20.0 Å². The van der Waals surface area contributed by atoms with Crippen molar-refractivity contribution >= 4 is 61.0 Å². The van der Waals surface area contributed by atoms with Crippen LogP contribution in [0.4, 0.5) is 11.4 Å². The van der Waals surface area contributed by atoms with Crippen LogP contribution in [-0.4, -0.2) is 64.7 Å². The minimum atomic E-state index is -4.09. The molecule has 12 heteroatoms. The summed E-state index contributed by atoms with van der Waals surface area (Å²) < 4.78 is 69.0. The van der Waals surface area contributed by atoms with Gasteiger partial charge in [-0.3, -0.25) is 9.44 Å². The number of rotatable bonds is 30. The molecule has 0 aliphatic heterocycles. The number of anilines is 2. The van der Waals surface area contributed by atoms with Crippen LogP contribution in [-0.2, 0) is 20.0 Å². The van der Waals surface area contributed by atoms with E-state index in [1.165, 1.54) is 145 Å². The predicted octanol–water partition coefficient (Wildman–Crippen LogP) is 11.2. The fourth-order valence-electron chi connectivity index (χ4n) is 6.09. The second-order valence-electron chi connectivity index (χ2n) is 13.9. The Hall–Kier alpha value is -2.44. The zero-order valence-electron chi connectivity index (χ0n) is 33.1. The number of unbranched alkanes of at least 4 members (excludes halogenated alkanes) is 18. The number of nitrogens with one attached hydrogen (secondary N) is 2. The second kappa shape index (κ2) is 27.2. The Kier molecular flexibility index (Phi) is 24.0. The Balaban J connectivity index is 0.0000101. The van der Waals surface area contributed by atoms with Crippen molar-refractivity contribution in [2.24, 2.45) is 0 Å². The summed E-state index contributed by atoms with van der Waals surface area (Å²) in [6, 6.07) is 16.1. The van der Waals surface area contributed by atoms with Gasteiger partial charge in [-0.15, -0.1) is 0 Å². The Morgan fingerprint density at radius 3 is 1.22 bits per heavy atom. The Morgan fingerprint density at radius 2 is 0.833 bits per heavy atom. The number of hydrogen-bond donors (Lipinski definition) is 3. The molecule has 54 heavy (non-hydrogen) atoms. The summed E-state index contributed by atoms with van der Waals surface area (Å²) >= 11 is 0. The number of hydrogen-bond acceptors (Lipinski definition) is 7. The van der Waals surface area contributed by atoms with Crippen LogP contribution in [0.5, 0.6) is 17.2 Å². The van der Waals surface area contributed by atoms with Crippen molar-refractivity contribution in [1.29, 1.82) is 0 Å². The van der Waals surface area contributed by atoms with Crippen LogP contribution in [0.15, 0.2) is 76.5 Å². The van der Waals surface area contributed by atoms with Crippen LogP contribution in [0, 0.1) is 0 Å². The van der Waals surface area contributed by atoms with E-state index in [0.717, 1.165) is 25.7 Å². The molecular formula is C42H64N2NaO7S2. The molecule has 0 atom stereocenters. The third-order valence-electron chi connectivity index (χ3n) is 9.29. The molecule has 297 valence electrons. The smallest absolute Gasteiger partial charge is 0.262 e. The number of phenolic OH excluding ortho intramolecular Hbond substituents is 1. The Morgan fingerprint density at radius 1 is 0.481 bits per heavy atom. The summed E-state index contributed by atoms with van der Waals surface area (Å²) in [5, 5.41) is 10.4. The molecule has 0 saturated heterocycles.